The van der Waals surface area contributed by atoms with Gasteiger partial charge in [-0.15, -0.1) is 17.5 Å². The number of hydrogen-bond donors (Lipinski definition) is 2. The number of rotatable bonds is 7. The number of piperidine rings is 2. The molecular formula is C27H29ClF3N7O4. The van der Waals surface area contributed by atoms with E-state index in [1.54, 1.807) is 17.0 Å². The fourth-order valence-corrected chi connectivity index (χ4v) is 5.46. The van der Waals surface area contributed by atoms with Gasteiger partial charge in [0.15, 0.2) is 0 Å². The number of tetrazole rings is 1. The van der Waals surface area contributed by atoms with E-state index >= 15 is 0 Å². The van der Waals surface area contributed by atoms with Crippen molar-refractivity contribution in [3.05, 3.63) is 65.5 Å². The van der Waals surface area contributed by atoms with Crippen molar-refractivity contribution in [1.82, 2.24) is 35.7 Å². The predicted octanol–water partition coefficient (Wildman–Crippen LogP) is 2.64. The van der Waals surface area contributed by atoms with E-state index in [-0.39, 0.29) is 55.3 Å². The molecule has 0 bridgehead atoms. The van der Waals surface area contributed by atoms with E-state index in [9.17, 15) is 27.6 Å². The lowest BCUT2D eigenvalue weighted by Crippen LogP contribution is -2.52. The van der Waals surface area contributed by atoms with Crippen molar-refractivity contribution in [1.29, 1.82) is 0 Å². The molecule has 2 aromatic carbocycles. The standard InChI is InChI=1S/C27H28F3N7O4.ClH/c1-41-22-8-7-19(37-26(27(28,29)30)33-34-35-37)11-18(22)14-31-21-9-10-36(15-20(21)16-5-3-2-4-6-16)25(40)17-12-23(38)32-24(39)13-17;/h2-8,11,17,20-21,31H,9-10,12-15H2,1H3,(H,32,38,39);1H/t20-,21?;/m0./s1. The van der Waals surface area contributed by atoms with Crippen LogP contribution in [0.25, 0.3) is 5.69 Å². The summed E-state index contributed by atoms with van der Waals surface area (Å²) in [6.45, 7) is 1.06. The van der Waals surface area contributed by atoms with Crippen molar-refractivity contribution in [3.8, 4) is 11.4 Å². The molecule has 2 aliphatic heterocycles. The molecule has 2 atom stereocenters. The van der Waals surface area contributed by atoms with E-state index in [4.69, 9.17) is 4.74 Å². The fraction of sp³-hybridized carbons (Fsp3) is 0.407. The molecule has 1 aromatic heterocycles. The van der Waals surface area contributed by atoms with Gasteiger partial charge in [0.25, 0.3) is 5.82 Å². The average Bonchev–Trinajstić information content (AvgIpc) is 3.47. The number of nitrogens with one attached hydrogen (secondary N) is 2. The molecule has 3 aromatic rings. The number of alkyl halides is 3. The summed E-state index contributed by atoms with van der Waals surface area (Å²) in [5.41, 5.74) is 1.74. The second-order valence-corrected chi connectivity index (χ2v) is 10.1. The molecule has 2 saturated heterocycles. The Balaban J connectivity index is 0.00000405. The first kappa shape index (κ1) is 30.9. The van der Waals surface area contributed by atoms with Crippen LogP contribution in [0.4, 0.5) is 13.2 Å². The number of halogens is 4. The molecule has 2 N–H and O–H groups in total. The fourth-order valence-electron chi connectivity index (χ4n) is 5.46. The number of imide groups is 1. The van der Waals surface area contributed by atoms with Crippen LogP contribution in [-0.2, 0) is 27.1 Å². The smallest absolute Gasteiger partial charge is 0.453 e. The van der Waals surface area contributed by atoms with Crippen molar-refractivity contribution in [3.63, 3.8) is 0 Å². The van der Waals surface area contributed by atoms with Crippen LogP contribution in [0, 0.1) is 5.92 Å². The lowest BCUT2D eigenvalue weighted by atomic mass is 9.84. The molecule has 15 heteroatoms. The largest absolute Gasteiger partial charge is 0.496 e. The molecule has 3 heterocycles. The van der Waals surface area contributed by atoms with Crippen molar-refractivity contribution in [2.75, 3.05) is 20.2 Å². The number of nitrogens with zero attached hydrogens (tertiary/aromatic N) is 5. The van der Waals surface area contributed by atoms with Crippen LogP contribution in [0.1, 0.15) is 42.1 Å². The van der Waals surface area contributed by atoms with Gasteiger partial charge in [0, 0.05) is 50.0 Å². The van der Waals surface area contributed by atoms with E-state index in [0.717, 1.165) is 5.56 Å². The van der Waals surface area contributed by atoms with Gasteiger partial charge in [-0.3, -0.25) is 19.7 Å². The number of carbonyl (C=O) groups excluding carboxylic acids is 3. The Labute approximate surface area is 245 Å². The summed E-state index contributed by atoms with van der Waals surface area (Å²) in [6.07, 6.45) is -4.20. The third kappa shape index (κ3) is 6.71. The molecule has 224 valence electrons. The molecule has 42 heavy (non-hydrogen) atoms. The summed E-state index contributed by atoms with van der Waals surface area (Å²) in [4.78, 5) is 38.7. The van der Waals surface area contributed by atoms with Gasteiger partial charge in [0.1, 0.15) is 5.75 Å². The van der Waals surface area contributed by atoms with Crippen molar-refractivity contribution in [2.45, 2.75) is 43.9 Å². The number of carbonyl (C=O) groups is 3. The second kappa shape index (κ2) is 12.9. The van der Waals surface area contributed by atoms with Gasteiger partial charge in [-0.2, -0.15) is 17.9 Å². The van der Waals surface area contributed by atoms with Crippen LogP contribution in [0.15, 0.2) is 48.5 Å². The third-order valence-electron chi connectivity index (χ3n) is 7.43. The molecule has 5 rings (SSSR count). The topological polar surface area (TPSA) is 131 Å². The number of aromatic nitrogens is 4. The number of likely N-dealkylation sites (tertiary alicyclic amines) is 1. The number of amides is 3. The van der Waals surface area contributed by atoms with Gasteiger partial charge in [-0.1, -0.05) is 30.3 Å². The highest BCUT2D eigenvalue weighted by Gasteiger charge is 2.39. The number of hydrogen-bond acceptors (Lipinski definition) is 8. The Kier molecular flexibility index (Phi) is 9.46. The third-order valence-corrected chi connectivity index (χ3v) is 7.43. The number of benzene rings is 2. The minimum atomic E-state index is -4.73. The SMILES string of the molecule is COc1ccc(-n2nnnc2C(F)(F)F)cc1CNC1CCN(C(=O)C2CC(=O)NC(=O)C2)C[C@H]1c1ccccc1.Cl. The van der Waals surface area contributed by atoms with Gasteiger partial charge in [-0.05, 0) is 40.6 Å². The summed E-state index contributed by atoms with van der Waals surface area (Å²) in [7, 11) is 1.48. The van der Waals surface area contributed by atoms with Crippen molar-refractivity contribution < 1.29 is 32.3 Å². The van der Waals surface area contributed by atoms with Crippen molar-refractivity contribution in [2.24, 2.45) is 5.92 Å². The molecular weight excluding hydrogens is 579 g/mol. The van der Waals surface area contributed by atoms with Gasteiger partial charge in [-0.25, -0.2) is 0 Å². The quantitative estimate of drug-likeness (QED) is 0.392. The predicted molar refractivity (Wildman–Crippen MR) is 145 cm³/mol. The molecule has 2 fully saturated rings. The molecule has 0 aliphatic carbocycles. The summed E-state index contributed by atoms with van der Waals surface area (Å²) in [6, 6.07) is 14.1. The van der Waals surface area contributed by atoms with Gasteiger partial charge < -0.3 is 15.0 Å². The average molecular weight is 608 g/mol. The minimum Gasteiger partial charge on any atom is -0.496 e. The Bertz CT molecular complexity index is 1420. The molecule has 0 radical (unpaired) electrons. The highest BCUT2D eigenvalue weighted by Crippen LogP contribution is 2.32. The lowest BCUT2D eigenvalue weighted by molar-refractivity contribution is -0.146. The summed E-state index contributed by atoms with van der Waals surface area (Å²) in [5, 5.41) is 15.6. The van der Waals surface area contributed by atoms with Crippen LogP contribution in [0.5, 0.6) is 5.75 Å². The van der Waals surface area contributed by atoms with Gasteiger partial charge >= 0.3 is 6.18 Å². The van der Waals surface area contributed by atoms with Crippen LogP contribution >= 0.6 is 12.4 Å². The summed E-state index contributed by atoms with van der Waals surface area (Å²) < 4.78 is 46.3. The monoisotopic (exact) mass is 607 g/mol. The number of methoxy groups -OCH3 is 1. The minimum absolute atomic E-state index is 0. The molecule has 11 nitrogen and oxygen atoms in total. The zero-order valence-electron chi connectivity index (χ0n) is 22.5. The van der Waals surface area contributed by atoms with E-state index in [1.165, 1.54) is 13.2 Å². The van der Waals surface area contributed by atoms with Gasteiger partial charge in [0.2, 0.25) is 17.7 Å². The van der Waals surface area contributed by atoms with Gasteiger partial charge in [0.05, 0.1) is 18.7 Å². The van der Waals surface area contributed by atoms with E-state index in [2.05, 4.69) is 26.2 Å². The Morgan fingerprint density at radius 3 is 2.50 bits per heavy atom. The van der Waals surface area contributed by atoms with Crippen LogP contribution in [0.2, 0.25) is 0 Å². The molecule has 0 spiro atoms. The zero-order valence-corrected chi connectivity index (χ0v) is 23.3. The van der Waals surface area contributed by atoms with Crippen LogP contribution in [0.3, 0.4) is 0 Å². The van der Waals surface area contributed by atoms with E-state index in [1.807, 2.05) is 30.3 Å². The van der Waals surface area contributed by atoms with E-state index < -0.39 is 29.7 Å². The first-order valence-electron chi connectivity index (χ1n) is 13.1. The lowest BCUT2D eigenvalue weighted by Gasteiger charge is -2.41. The first-order valence-corrected chi connectivity index (χ1v) is 13.1. The highest BCUT2D eigenvalue weighted by molar-refractivity contribution is 6.02. The summed E-state index contributed by atoms with van der Waals surface area (Å²) in [5.74, 6) is -2.67. The Morgan fingerprint density at radius 2 is 1.83 bits per heavy atom. The molecule has 0 saturated carbocycles. The zero-order chi connectivity index (χ0) is 29.1. The number of ether oxygens (including phenoxy) is 1. The highest BCUT2D eigenvalue weighted by atomic mass is 35.5. The van der Waals surface area contributed by atoms with Crippen LogP contribution < -0.4 is 15.4 Å². The van der Waals surface area contributed by atoms with E-state index in [0.29, 0.717) is 35.5 Å². The molecule has 2 aliphatic rings. The maximum atomic E-state index is 13.4. The Morgan fingerprint density at radius 1 is 1.12 bits per heavy atom. The molecule has 1 unspecified atom stereocenters. The Hall–Kier alpha value is -4.04. The maximum Gasteiger partial charge on any atom is 0.453 e. The van der Waals surface area contributed by atoms with Crippen molar-refractivity contribution >= 4 is 30.1 Å². The first-order chi connectivity index (χ1) is 19.6. The second-order valence-electron chi connectivity index (χ2n) is 10.1. The maximum absolute atomic E-state index is 13.4. The van der Waals surface area contributed by atoms with Crippen LogP contribution in [-0.4, -0.2) is 69.1 Å². The normalized spacial score (nSPS) is 19.7. The molecule has 3 amide bonds. The summed E-state index contributed by atoms with van der Waals surface area (Å²) >= 11 is 0.